The van der Waals surface area contributed by atoms with Crippen molar-refractivity contribution >= 4 is 118 Å². The second kappa shape index (κ2) is 46.3. The number of nitro groups is 3. The first-order chi connectivity index (χ1) is 56.0. The van der Waals surface area contributed by atoms with Crippen LogP contribution in [0.2, 0.25) is 0 Å². The number of nitro benzene ring substituents is 3. The molecule has 120 heavy (non-hydrogen) atoms. The Balaban J connectivity index is 0.000000290. The van der Waals surface area contributed by atoms with E-state index in [-0.39, 0.29) is 64.3 Å². The number of benzene rings is 4. The van der Waals surface area contributed by atoms with Gasteiger partial charge in [-0.2, -0.15) is 8.42 Å². The summed E-state index contributed by atoms with van der Waals surface area (Å²) < 4.78 is 48.9. The van der Waals surface area contributed by atoms with Crippen molar-refractivity contribution in [3.63, 3.8) is 0 Å². The first-order valence-electron chi connectivity index (χ1n) is 39.3. The maximum Gasteiger partial charge on any atom is 0.408 e. The molecular formula is C82H115N15O18S4Si. The van der Waals surface area contributed by atoms with Crippen molar-refractivity contribution < 1.29 is 70.7 Å². The quantitative estimate of drug-likeness (QED) is 0.00606. The van der Waals surface area contributed by atoms with Crippen LogP contribution in [0, 0.1) is 48.1 Å². The average molecular weight is 1760 g/mol. The molecule has 3 aromatic heterocycles. The molecule has 7 atom stereocenters. The van der Waals surface area contributed by atoms with Crippen LogP contribution in [-0.4, -0.2) is 135 Å². The molecule has 4 heterocycles. The normalized spacial score (nSPS) is 14.0. The monoisotopic (exact) mass is 1750 g/mol. The third kappa shape index (κ3) is 35.4. The van der Waals surface area contributed by atoms with Crippen LogP contribution in [0.1, 0.15) is 210 Å². The van der Waals surface area contributed by atoms with Gasteiger partial charge in [-0.25, -0.2) is 29.3 Å². The van der Waals surface area contributed by atoms with Gasteiger partial charge in [0, 0.05) is 69.6 Å². The van der Waals surface area contributed by atoms with Gasteiger partial charge in [-0.05, 0) is 166 Å². The van der Waals surface area contributed by atoms with Gasteiger partial charge in [0.05, 0.1) is 55.7 Å². The predicted molar refractivity (Wildman–Crippen MR) is 469 cm³/mol. The van der Waals surface area contributed by atoms with E-state index in [0.29, 0.717) is 25.7 Å². The molecule has 8 rings (SSSR count). The molecule has 0 saturated heterocycles. The van der Waals surface area contributed by atoms with Gasteiger partial charge in [0.15, 0.2) is 0 Å². The number of aryl methyl sites for hydroxylation is 3. The number of hydrogen-bond acceptors (Lipinski definition) is 25. The minimum absolute atomic E-state index is 0.00304. The van der Waals surface area contributed by atoms with Crippen LogP contribution in [0.4, 0.5) is 37.1 Å². The van der Waals surface area contributed by atoms with Crippen molar-refractivity contribution in [3.05, 3.63) is 209 Å². The van der Waals surface area contributed by atoms with Crippen LogP contribution in [-0.2, 0) is 83.8 Å². The molecule has 0 bridgehead atoms. The summed E-state index contributed by atoms with van der Waals surface area (Å²) in [5.41, 5.74) is 14.0. The predicted octanol–water partition coefficient (Wildman–Crippen LogP) is 14.3. The van der Waals surface area contributed by atoms with E-state index in [2.05, 4.69) is 64.5 Å². The fraction of sp³-hybridized carbons (Fsp3) is 0.488. The number of carbonyl (C=O) groups excluding carboxylic acids is 6. The lowest BCUT2D eigenvalue weighted by atomic mass is 10.0. The van der Waals surface area contributed by atoms with Crippen LogP contribution >= 0.6 is 34.0 Å². The highest BCUT2D eigenvalue weighted by molar-refractivity contribution is 7.87. The van der Waals surface area contributed by atoms with Crippen LogP contribution in [0.3, 0.4) is 0 Å². The number of non-ortho nitro benzene ring substituents is 3. The topological polar surface area (TPSA) is 475 Å². The van der Waals surface area contributed by atoms with Gasteiger partial charge in [-0.1, -0.05) is 123 Å². The molecule has 6 amide bonds. The molecule has 0 fully saturated rings. The third-order valence-corrected chi connectivity index (χ3v) is 22.8. The largest absolute Gasteiger partial charge is 0.444 e. The number of amides is 6. The summed E-state index contributed by atoms with van der Waals surface area (Å²) in [5.74, 6) is -1.63. The Morgan fingerprint density at radius 1 is 0.458 bits per heavy atom. The summed E-state index contributed by atoms with van der Waals surface area (Å²) in [6.45, 7) is 34.9. The number of carbonyl (C=O) groups is 6. The van der Waals surface area contributed by atoms with Crippen molar-refractivity contribution in [3.8, 4) is 0 Å². The first kappa shape index (κ1) is 100. The van der Waals surface area contributed by atoms with Crippen LogP contribution in [0.15, 0.2) is 130 Å². The summed E-state index contributed by atoms with van der Waals surface area (Å²) in [7, 11) is -4.80. The van der Waals surface area contributed by atoms with E-state index in [4.69, 9.17) is 24.5 Å². The first-order valence-corrected chi connectivity index (χ1v) is 44.9. The number of aromatic nitrogens is 3. The smallest absolute Gasteiger partial charge is 0.408 e. The molecule has 38 heteroatoms. The Morgan fingerprint density at radius 3 is 0.958 bits per heavy atom. The third-order valence-electron chi connectivity index (χ3n) is 17.5. The van der Waals surface area contributed by atoms with Crippen LogP contribution in [0.5, 0.6) is 0 Å². The Bertz CT molecular complexity index is 4590. The molecule has 33 nitrogen and oxygen atoms in total. The molecule has 0 radical (unpaired) electrons. The SMILES string of the molecule is CCC1=C[SiH2]C([C@@H](N)Cc2ccc([N+](=O)[O-])cc2)=N1.CCc1csc([C@H](Cc2ccc(NS(=O)(=O)O)cc2)NC(=O)[C@@H](NC(=O)OC(C)(C)C)C(C)C)n1.CCc1csc([C@H](Cc2ccc([N+](=O)[O-])cc2)NC(=O)[C@@H](NC(=O)OC(C)(C)C)C(C)C)n1.CCc1csc([C@H](Cc2ccc([N+](=O)[O-])cc2)NC(=O)[C@@H](NC(=O)OC(C)(C)C)C(C)C)n1. The number of nitrogens with zero attached hydrogens (tertiary/aromatic N) is 7. The number of nitrogens with one attached hydrogen (secondary N) is 7. The van der Waals surface area contributed by atoms with Gasteiger partial charge in [0.25, 0.3) is 17.1 Å². The van der Waals surface area contributed by atoms with Gasteiger partial charge < -0.3 is 51.8 Å². The molecule has 0 spiro atoms. The summed E-state index contributed by atoms with van der Waals surface area (Å²) >= 11 is 4.33. The zero-order valence-corrected chi connectivity index (χ0v) is 76.1. The Labute approximate surface area is 715 Å². The number of anilines is 1. The minimum Gasteiger partial charge on any atom is -0.444 e. The van der Waals surface area contributed by atoms with Gasteiger partial charge in [0.1, 0.15) is 59.5 Å². The Kier molecular flexibility index (Phi) is 38.6. The maximum atomic E-state index is 13.2. The molecule has 0 unspecified atom stereocenters. The highest BCUT2D eigenvalue weighted by Crippen LogP contribution is 2.30. The molecule has 10 N–H and O–H groups in total. The molecule has 0 aliphatic carbocycles. The summed E-state index contributed by atoms with van der Waals surface area (Å²) in [6, 6.07) is 21.6. The maximum absolute atomic E-state index is 13.2. The lowest BCUT2D eigenvalue weighted by Crippen LogP contribution is -2.51. The number of allylic oxidation sites excluding steroid dienone is 1. The number of thiazole rings is 3. The zero-order valence-electron chi connectivity index (χ0n) is 71.4. The van der Waals surface area contributed by atoms with Crippen LogP contribution < -0.4 is 42.4 Å². The van der Waals surface area contributed by atoms with E-state index in [1.807, 2.05) is 83.2 Å². The molecule has 7 aromatic rings. The van der Waals surface area contributed by atoms with E-state index < -0.39 is 106 Å². The van der Waals surface area contributed by atoms with Gasteiger partial charge >= 0.3 is 28.6 Å². The number of ether oxygens (including phenoxy) is 3. The minimum atomic E-state index is -4.37. The summed E-state index contributed by atoms with van der Waals surface area (Å²) in [4.78, 5) is 126. The van der Waals surface area contributed by atoms with E-state index in [0.717, 1.165) is 91.1 Å². The van der Waals surface area contributed by atoms with E-state index in [1.165, 1.54) is 82.5 Å². The zero-order chi connectivity index (χ0) is 89.7. The van der Waals surface area contributed by atoms with E-state index >= 15 is 0 Å². The molecular weight excluding hydrogens is 1640 g/mol. The van der Waals surface area contributed by atoms with Crippen molar-refractivity contribution in [1.29, 1.82) is 0 Å². The van der Waals surface area contributed by atoms with Crippen molar-refractivity contribution in [1.82, 2.24) is 46.9 Å². The molecule has 4 aromatic carbocycles. The Morgan fingerprint density at radius 2 is 0.733 bits per heavy atom. The highest BCUT2D eigenvalue weighted by atomic mass is 32.2. The average Bonchev–Trinajstić information content (AvgIpc) is 1.60. The lowest BCUT2D eigenvalue weighted by Gasteiger charge is -2.27. The van der Waals surface area contributed by atoms with E-state index in [9.17, 15) is 67.5 Å². The number of aliphatic imine (C=N–C) groups is 1. The van der Waals surface area contributed by atoms with Crippen molar-refractivity contribution in [2.75, 3.05) is 4.72 Å². The molecule has 0 saturated carbocycles. The van der Waals surface area contributed by atoms with Gasteiger partial charge in [0.2, 0.25) is 17.7 Å². The standard InChI is InChI=1S/C23H34N4O6S2.2C23H32N4O5S.C13H17N3O2Si/c1-7-16-13-34-21(24-16)18(12-15-8-10-17(11-9-15)27-35(30,31)32)25-20(28)19(14(2)3)26-22(29)33-23(4,5)6;2*1-7-16-13-33-21(24-16)18(12-15-8-10-17(11-9-15)27(30)31)25-20(28)19(14(2)3)26-22(29)32-23(4,5)6;1-2-10-8-19-13(15-10)12(14)7-9-3-5-11(6-4-9)16(17)18/h8-11,13-14,18-19,27H,7,12H2,1-6H3,(H,25,28)(H,26,29)(H,30,31,32);2*8-11,13-14,18-19H,7,12H2,1-6H3,(H,25,28)(H,26,29);3-6,8,12H,2,7,14,19H2,1H3/t3*18-,19-;12-/m0000/s1. The van der Waals surface area contributed by atoms with Crippen LogP contribution in [0.25, 0.3) is 0 Å². The van der Waals surface area contributed by atoms with Crippen molar-refractivity contribution in [2.24, 2.45) is 28.5 Å². The molecule has 1 aliphatic rings. The highest BCUT2D eigenvalue weighted by Gasteiger charge is 2.34. The van der Waals surface area contributed by atoms with Crippen molar-refractivity contribution in [2.45, 2.75) is 242 Å². The second-order valence-electron chi connectivity index (χ2n) is 32.2. The van der Waals surface area contributed by atoms with E-state index in [1.54, 1.807) is 111 Å². The number of hydrogen-bond donors (Lipinski definition) is 9. The van der Waals surface area contributed by atoms with Gasteiger partial charge in [-0.3, -0.25) is 59.0 Å². The van der Waals surface area contributed by atoms with Gasteiger partial charge in [-0.15, -0.1) is 34.0 Å². The molecule has 1 aliphatic heterocycles. The second-order valence-corrected chi connectivity index (χ2v) is 37.6. The number of nitrogens with two attached hydrogens (primary N) is 1. The summed E-state index contributed by atoms with van der Waals surface area (Å²) in [5, 5.41) is 58.6. The fourth-order valence-corrected chi connectivity index (χ4v) is 16.2. The lowest BCUT2D eigenvalue weighted by molar-refractivity contribution is -0.385. The molecule has 654 valence electrons. The Hall–Kier alpha value is -10.5. The number of rotatable bonds is 33. The number of alkyl carbamates (subject to hydrolysis) is 3. The fourth-order valence-electron chi connectivity index (χ4n) is 11.4. The summed E-state index contributed by atoms with van der Waals surface area (Å²) in [6.07, 6.45) is 3.12.